The Morgan fingerprint density at radius 3 is 2.79 bits per heavy atom. The lowest BCUT2D eigenvalue weighted by molar-refractivity contribution is -0.142. The number of aliphatic carboxylic acids is 1. The van der Waals surface area contributed by atoms with E-state index >= 15 is 0 Å². The minimum atomic E-state index is -1.11. The number of hydrogen-bond acceptors (Lipinski definition) is 5. The van der Waals surface area contributed by atoms with Gasteiger partial charge in [0.1, 0.15) is 18.3 Å². The van der Waals surface area contributed by atoms with Crippen LogP contribution in [0.1, 0.15) is 30.4 Å². The summed E-state index contributed by atoms with van der Waals surface area (Å²) >= 11 is 0. The second-order valence-corrected chi connectivity index (χ2v) is 3.66. The van der Waals surface area contributed by atoms with Crippen molar-refractivity contribution < 1.29 is 24.2 Å². The number of rotatable bonds is 6. The van der Waals surface area contributed by atoms with Crippen LogP contribution in [0, 0.1) is 0 Å². The largest absolute Gasteiger partial charge is 0.480 e. The van der Waals surface area contributed by atoms with E-state index in [9.17, 15) is 14.4 Å². The lowest BCUT2D eigenvalue weighted by Gasteiger charge is -2.11. The summed E-state index contributed by atoms with van der Waals surface area (Å²) in [5, 5.41) is 15.0. The Balaban J connectivity index is 2.70. The summed E-state index contributed by atoms with van der Waals surface area (Å²) < 4.78 is 5.73. The normalized spacial score (nSPS) is 11.7. The molecule has 1 atom stereocenters. The number of carbonyl (C=O) groups excluding carboxylic acids is 2. The van der Waals surface area contributed by atoms with Gasteiger partial charge >= 0.3 is 11.9 Å². The number of carboxylic acids is 1. The fraction of sp³-hybridized carbons (Fsp3) is 0.455. The van der Waals surface area contributed by atoms with Crippen LogP contribution in [-0.4, -0.2) is 45.9 Å². The summed E-state index contributed by atoms with van der Waals surface area (Å²) in [6, 6.07) is 0.401. The summed E-state index contributed by atoms with van der Waals surface area (Å²) in [7, 11) is 0. The van der Waals surface area contributed by atoms with E-state index in [1.807, 2.05) is 0 Å². The summed E-state index contributed by atoms with van der Waals surface area (Å²) in [6.07, 6.45) is 1.32. The van der Waals surface area contributed by atoms with Crippen LogP contribution >= 0.6 is 0 Å². The van der Waals surface area contributed by atoms with Crippen molar-refractivity contribution in [1.82, 2.24) is 15.1 Å². The molecule has 0 aliphatic carbocycles. The molecule has 0 spiro atoms. The Kier molecular flexibility index (Phi) is 5.04. The Bertz CT molecular complexity index is 482. The molecular formula is C11H15N3O5. The maximum absolute atomic E-state index is 11.8. The molecule has 104 valence electrons. The third kappa shape index (κ3) is 3.80. The van der Waals surface area contributed by atoms with E-state index in [1.165, 1.54) is 19.2 Å². The highest BCUT2D eigenvalue weighted by atomic mass is 16.5. The van der Waals surface area contributed by atoms with Gasteiger partial charge in [-0.3, -0.25) is 9.59 Å². The minimum absolute atomic E-state index is 0.0687. The molecule has 1 rings (SSSR count). The molecular weight excluding hydrogens is 254 g/mol. The van der Waals surface area contributed by atoms with Crippen LogP contribution in [0.15, 0.2) is 12.3 Å². The van der Waals surface area contributed by atoms with Gasteiger partial charge in [-0.1, -0.05) is 0 Å². The van der Waals surface area contributed by atoms with Gasteiger partial charge in [0.05, 0.1) is 6.61 Å². The molecule has 2 N–H and O–H groups in total. The highest BCUT2D eigenvalue weighted by molar-refractivity contribution is 5.94. The number of carbonyl (C=O) groups is 3. The van der Waals surface area contributed by atoms with Crippen molar-refractivity contribution in [3.63, 3.8) is 0 Å². The van der Waals surface area contributed by atoms with E-state index in [4.69, 9.17) is 5.11 Å². The van der Waals surface area contributed by atoms with Crippen LogP contribution in [0.2, 0.25) is 0 Å². The van der Waals surface area contributed by atoms with Crippen LogP contribution in [0.5, 0.6) is 0 Å². The number of esters is 1. The first-order valence-electron chi connectivity index (χ1n) is 5.67. The molecule has 0 fully saturated rings. The van der Waals surface area contributed by atoms with Crippen molar-refractivity contribution >= 4 is 17.8 Å². The number of ether oxygens (including phenoxy) is 1. The Morgan fingerprint density at radius 1 is 1.53 bits per heavy atom. The molecule has 1 amide bonds. The monoisotopic (exact) mass is 269 g/mol. The van der Waals surface area contributed by atoms with Gasteiger partial charge in [-0.15, -0.1) is 0 Å². The topological polar surface area (TPSA) is 111 Å². The predicted molar refractivity (Wildman–Crippen MR) is 63.5 cm³/mol. The summed E-state index contributed by atoms with van der Waals surface area (Å²) in [5.74, 6) is -2.25. The van der Waals surface area contributed by atoms with E-state index in [2.05, 4.69) is 15.2 Å². The molecule has 0 aromatic carbocycles. The van der Waals surface area contributed by atoms with E-state index in [1.54, 1.807) is 6.92 Å². The molecule has 0 bridgehead atoms. The number of amides is 1. The average Bonchev–Trinajstić information content (AvgIpc) is 2.84. The summed E-state index contributed by atoms with van der Waals surface area (Å²) in [5.41, 5.74) is 0.0687. The number of nitrogens with zero attached hydrogens (tertiary/aromatic N) is 2. The van der Waals surface area contributed by atoms with Gasteiger partial charge < -0.3 is 15.2 Å². The van der Waals surface area contributed by atoms with Crippen LogP contribution in [0.4, 0.5) is 0 Å². The highest BCUT2D eigenvalue weighted by Gasteiger charge is 2.21. The zero-order valence-electron chi connectivity index (χ0n) is 10.6. The molecule has 8 heteroatoms. The van der Waals surface area contributed by atoms with Gasteiger partial charge in [0.15, 0.2) is 0 Å². The lowest BCUT2D eigenvalue weighted by Crippen LogP contribution is -2.33. The molecule has 0 saturated heterocycles. The smallest absolute Gasteiger partial charge is 0.328 e. The summed E-state index contributed by atoms with van der Waals surface area (Å²) in [6.45, 7) is 3.00. The van der Waals surface area contributed by atoms with Crippen molar-refractivity contribution in [3.8, 4) is 0 Å². The van der Waals surface area contributed by atoms with Crippen LogP contribution in [-0.2, 0) is 14.3 Å². The van der Waals surface area contributed by atoms with Gasteiger partial charge in [-0.25, -0.2) is 9.48 Å². The van der Waals surface area contributed by atoms with E-state index in [0.29, 0.717) is 0 Å². The number of hydrogen-bond donors (Lipinski definition) is 2. The molecule has 1 aromatic rings. The Hall–Kier alpha value is -2.38. The quantitative estimate of drug-likeness (QED) is 0.693. The summed E-state index contributed by atoms with van der Waals surface area (Å²) in [4.78, 5) is 33.7. The molecule has 0 aliphatic heterocycles. The van der Waals surface area contributed by atoms with Gasteiger partial charge in [-0.2, -0.15) is 5.10 Å². The van der Waals surface area contributed by atoms with Crippen molar-refractivity contribution in [2.24, 2.45) is 0 Å². The van der Waals surface area contributed by atoms with Crippen molar-refractivity contribution in [1.29, 1.82) is 0 Å². The van der Waals surface area contributed by atoms with Crippen molar-refractivity contribution in [2.45, 2.75) is 19.9 Å². The molecule has 1 heterocycles. The Morgan fingerprint density at radius 2 is 2.21 bits per heavy atom. The zero-order valence-corrected chi connectivity index (χ0v) is 10.6. The van der Waals surface area contributed by atoms with Crippen LogP contribution in [0.25, 0.3) is 0 Å². The molecule has 8 nitrogen and oxygen atoms in total. The molecule has 0 radical (unpaired) electrons. The molecule has 19 heavy (non-hydrogen) atoms. The first kappa shape index (κ1) is 14.7. The second kappa shape index (κ2) is 6.53. The van der Waals surface area contributed by atoms with Gasteiger partial charge in [0.2, 0.25) is 0 Å². The highest BCUT2D eigenvalue weighted by Crippen LogP contribution is 2.09. The predicted octanol–water partition coefficient (Wildman–Crippen LogP) is -0.178. The average molecular weight is 269 g/mol. The fourth-order valence-electron chi connectivity index (χ4n) is 1.36. The van der Waals surface area contributed by atoms with Gasteiger partial charge in [0.25, 0.3) is 5.91 Å². The molecule has 0 saturated carbocycles. The molecule has 0 aliphatic rings. The van der Waals surface area contributed by atoms with E-state index in [-0.39, 0.29) is 18.8 Å². The number of carboxylic acid groups (broad SMARTS) is 1. The zero-order chi connectivity index (χ0) is 14.4. The lowest BCUT2D eigenvalue weighted by atomic mass is 10.3. The standard InChI is InChI=1S/C11H15N3O5/c1-3-19-9(15)6-12-10(16)8-4-5-13-14(8)7(2)11(17)18/h4-5,7H,3,6H2,1-2H3,(H,12,16)(H,17,18). The van der Waals surface area contributed by atoms with Gasteiger partial charge in [-0.05, 0) is 19.9 Å². The van der Waals surface area contributed by atoms with E-state index < -0.39 is 23.9 Å². The first-order valence-corrected chi connectivity index (χ1v) is 5.67. The third-order valence-corrected chi connectivity index (χ3v) is 2.33. The molecule has 1 unspecified atom stereocenters. The van der Waals surface area contributed by atoms with Crippen molar-refractivity contribution in [3.05, 3.63) is 18.0 Å². The third-order valence-electron chi connectivity index (χ3n) is 2.33. The SMILES string of the molecule is CCOC(=O)CNC(=O)c1ccnn1C(C)C(=O)O. The second-order valence-electron chi connectivity index (χ2n) is 3.66. The van der Waals surface area contributed by atoms with Crippen LogP contribution in [0.3, 0.4) is 0 Å². The maximum atomic E-state index is 11.8. The maximum Gasteiger partial charge on any atom is 0.328 e. The van der Waals surface area contributed by atoms with E-state index in [0.717, 1.165) is 4.68 Å². The Labute approximate surface area is 109 Å². The fourth-order valence-corrected chi connectivity index (χ4v) is 1.36. The van der Waals surface area contributed by atoms with Crippen LogP contribution < -0.4 is 5.32 Å². The van der Waals surface area contributed by atoms with Crippen molar-refractivity contribution in [2.75, 3.05) is 13.2 Å². The number of nitrogens with one attached hydrogen (secondary N) is 1. The molecule has 1 aromatic heterocycles. The minimum Gasteiger partial charge on any atom is -0.480 e. The number of aromatic nitrogens is 2. The first-order chi connectivity index (χ1) is 8.97. The van der Waals surface area contributed by atoms with Gasteiger partial charge in [0, 0.05) is 6.20 Å².